The number of rotatable bonds is 6. The number of carboxylic acid groups (broad SMARTS) is 1. The molecule has 0 heterocycles. The number of carboxylic acids is 1. The zero-order chi connectivity index (χ0) is 21.1. The third kappa shape index (κ3) is 5.00. The number of phenolic OH excluding ortho intramolecular Hbond substituents is 1. The average Bonchev–Trinajstić information content (AvgIpc) is 2.66. The number of hydrogen-bond acceptors (Lipinski definition) is 3. The van der Waals surface area contributed by atoms with Crippen molar-refractivity contribution in [3.63, 3.8) is 0 Å². The van der Waals surface area contributed by atoms with E-state index >= 15 is 0 Å². The first-order valence-corrected chi connectivity index (χ1v) is 9.45. The zero-order valence-electron chi connectivity index (χ0n) is 15.3. The number of benzene rings is 3. The SMILES string of the molecule is C[C@@H](Oc1cc(Cl)c(Cc2ccc(O)c(-c3ccc(F)cc3)c2)c(Cl)c1)C(=O)O. The maximum atomic E-state index is 13.2. The first kappa shape index (κ1) is 21.0. The third-order valence-corrected chi connectivity index (χ3v) is 5.05. The maximum absolute atomic E-state index is 13.2. The van der Waals surface area contributed by atoms with Gasteiger partial charge in [0.25, 0.3) is 0 Å². The van der Waals surface area contributed by atoms with Gasteiger partial charge in [-0.1, -0.05) is 41.4 Å². The summed E-state index contributed by atoms with van der Waals surface area (Å²) in [7, 11) is 0. The molecule has 3 aromatic rings. The van der Waals surface area contributed by atoms with Crippen molar-refractivity contribution in [3.8, 4) is 22.6 Å². The molecule has 0 saturated heterocycles. The molecule has 0 aliphatic heterocycles. The zero-order valence-corrected chi connectivity index (χ0v) is 16.8. The summed E-state index contributed by atoms with van der Waals surface area (Å²) in [6, 6.07) is 13.9. The molecule has 0 amide bonds. The van der Waals surface area contributed by atoms with E-state index in [-0.39, 0.29) is 17.3 Å². The summed E-state index contributed by atoms with van der Waals surface area (Å²) in [6.45, 7) is 1.41. The molecular weight excluding hydrogens is 418 g/mol. The number of ether oxygens (including phenoxy) is 1. The molecule has 4 nitrogen and oxygen atoms in total. The lowest BCUT2D eigenvalue weighted by atomic mass is 9.98. The van der Waals surface area contributed by atoms with Crippen molar-refractivity contribution < 1.29 is 24.1 Å². The van der Waals surface area contributed by atoms with Gasteiger partial charge < -0.3 is 14.9 Å². The summed E-state index contributed by atoms with van der Waals surface area (Å²) >= 11 is 12.7. The second kappa shape index (κ2) is 8.72. The van der Waals surface area contributed by atoms with E-state index < -0.39 is 12.1 Å². The minimum absolute atomic E-state index is 0.0731. The van der Waals surface area contributed by atoms with Crippen LogP contribution in [-0.4, -0.2) is 22.3 Å². The molecule has 29 heavy (non-hydrogen) atoms. The smallest absolute Gasteiger partial charge is 0.344 e. The van der Waals surface area contributed by atoms with Gasteiger partial charge in [0.15, 0.2) is 6.10 Å². The Balaban J connectivity index is 1.89. The second-order valence-electron chi connectivity index (χ2n) is 6.50. The van der Waals surface area contributed by atoms with Gasteiger partial charge in [-0.15, -0.1) is 0 Å². The number of aliphatic carboxylic acids is 1. The first-order valence-electron chi connectivity index (χ1n) is 8.70. The summed E-state index contributed by atoms with van der Waals surface area (Å²) in [6.07, 6.45) is -0.663. The van der Waals surface area contributed by atoms with Crippen LogP contribution in [0.3, 0.4) is 0 Å². The molecule has 150 valence electrons. The van der Waals surface area contributed by atoms with Gasteiger partial charge in [-0.05, 0) is 60.0 Å². The summed E-state index contributed by atoms with van der Waals surface area (Å²) in [5.74, 6) is -1.12. The standard InChI is InChI=1S/C22H17Cl2FO4/c1-12(22(27)28)29-16-10-19(23)18(20(24)11-16)9-13-2-7-21(26)17(8-13)14-3-5-15(25)6-4-14/h2-8,10-12,26H,9H2,1H3,(H,27,28)/t12-/m1/s1. The van der Waals surface area contributed by atoms with Crippen molar-refractivity contribution in [2.45, 2.75) is 19.4 Å². The fourth-order valence-corrected chi connectivity index (χ4v) is 3.43. The molecule has 2 N–H and O–H groups in total. The van der Waals surface area contributed by atoms with Crippen LogP contribution in [-0.2, 0) is 11.2 Å². The van der Waals surface area contributed by atoms with E-state index in [4.69, 9.17) is 33.0 Å². The van der Waals surface area contributed by atoms with Crippen LogP contribution in [0.5, 0.6) is 11.5 Å². The predicted octanol–water partition coefficient (Wildman–Crippen LogP) is 5.95. The molecule has 0 aliphatic carbocycles. The van der Waals surface area contributed by atoms with Gasteiger partial charge in [-0.25, -0.2) is 9.18 Å². The van der Waals surface area contributed by atoms with Crippen molar-refractivity contribution in [1.82, 2.24) is 0 Å². The molecular formula is C22H17Cl2FO4. The van der Waals surface area contributed by atoms with E-state index in [1.165, 1.54) is 31.2 Å². The molecule has 3 aromatic carbocycles. The first-order chi connectivity index (χ1) is 13.7. The Kier molecular flexibility index (Phi) is 6.30. The number of phenols is 1. The van der Waals surface area contributed by atoms with Gasteiger partial charge in [0.1, 0.15) is 17.3 Å². The molecule has 0 aliphatic rings. The predicted molar refractivity (Wildman–Crippen MR) is 110 cm³/mol. The highest BCUT2D eigenvalue weighted by molar-refractivity contribution is 6.36. The molecule has 0 spiro atoms. The van der Waals surface area contributed by atoms with E-state index in [2.05, 4.69) is 0 Å². The molecule has 3 rings (SSSR count). The lowest BCUT2D eigenvalue weighted by molar-refractivity contribution is -0.144. The minimum atomic E-state index is -1.10. The fourth-order valence-electron chi connectivity index (χ4n) is 2.83. The quantitative estimate of drug-likeness (QED) is 0.502. The van der Waals surface area contributed by atoms with E-state index in [1.807, 2.05) is 0 Å². The van der Waals surface area contributed by atoms with Gasteiger partial charge in [-0.2, -0.15) is 0 Å². The van der Waals surface area contributed by atoms with E-state index in [0.717, 1.165) is 5.56 Å². The van der Waals surface area contributed by atoms with E-state index in [9.17, 15) is 14.3 Å². The van der Waals surface area contributed by atoms with Gasteiger partial charge in [0, 0.05) is 22.0 Å². The topological polar surface area (TPSA) is 66.8 Å². The monoisotopic (exact) mass is 434 g/mol. The van der Waals surface area contributed by atoms with Gasteiger partial charge in [0.2, 0.25) is 0 Å². The Hall–Kier alpha value is -2.76. The second-order valence-corrected chi connectivity index (χ2v) is 7.31. The van der Waals surface area contributed by atoms with Crippen LogP contribution in [0.25, 0.3) is 11.1 Å². The third-order valence-electron chi connectivity index (χ3n) is 4.37. The Morgan fingerprint density at radius 3 is 2.28 bits per heavy atom. The molecule has 0 fully saturated rings. The summed E-state index contributed by atoms with van der Waals surface area (Å²) in [5.41, 5.74) is 2.71. The number of hydrogen-bond donors (Lipinski definition) is 2. The number of carbonyl (C=O) groups is 1. The van der Waals surface area contributed by atoms with Crippen LogP contribution in [0.15, 0.2) is 54.6 Å². The molecule has 0 aromatic heterocycles. The number of halogens is 3. The van der Waals surface area contributed by atoms with E-state index in [1.54, 1.807) is 30.3 Å². The van der Waals surface area contributed by atoms with Crippen LogP contribution in [0.1, 0.15) is 18.1 Å². The van der Waals surface area contributed by atoms with E-state index in [0.29, 0.717) is 33.2 Å². The van der Waals surface area contributed by atoms with Crippen molar-refractivity contribution in [2.24, 2.45) is 0 Å². The normalized spacial score (nSPS) is 11.9. The molecule has 7 heteroatoms. The Morgan fingerprint density at radius 2 is 1.69 bits per heavy atom. The van der Waals surface area contributed by atoms with Crippen molar-refractivity contribution in [2.75, 3.05) is 0 Å². The van der Waals surface area contributed by atoms with Crippen molar-refractivity contribution >= 4 is 29.2 Å². The minimum Gasteiger partial charge on any atom is -0.507 e. The maximum Gasteiger partial charge on any atom is 0.344 e. The van der Waals surface area contributed by atoms with Crippen molar-refractivity contribution in [3.05, 3.63) is 81.6 Å². The Bertz CT molecular complexity index is 1030. The van der Waals surface area contributed by atoms with Gasteiger partial charge in [0.05, 0.1) is 0 Å². The summed E-state index contributed by atoms with van der Waals surface area (Å²) in [5, 5.41) is 19.8. The fraction of sp³-hybridized carbons (Fsp3) is 0.136. The van der Waals surface area contributed by atoms with Crippen LogP contribution in [0.2, 0.25) is 10.0 Å². The largest absolute Gasteiger partial charge is 0.507 e. The van der Waals surface area contributed by atoms with Crippen LogP contribution in [0, 0.1) is 5.82 Å². The van der Waals surface area contributed by atoms with Crippen LogP contribution < -0.4 is 4.74 Å². The van der Waals surface area contributed by atoms with Crippen LogP contribution in [0.4, 0.5) is 4.39 Å². The summed E-state index contributed by atoms with van der Waals surface area (Å²) < 4.78 is 18.5. The van der Waals surface area contributed by atoms with Gasteiger partial charge in [-0.3, -0.25) is 0 Å². The Labute approximate surface area is 177 Å². The molecule has 0 unspecified atom stereocenters. The highest BCUT2D eigenvalue weighted by atomic mass is 35.5. The lowest BCUT2D eigenvalue weighted by Crippen LogP contribution is -2.22. The highest BCUT2D eigenvalue weighted by Gasteiger charge is 2.16. The summed E-state index contributed by atoms with van der Waals surface area (Å²) in [4.78, 5) is 10.9. The average molecular weight is 435 g/mol. The highest BCUT2D eigenvalue weighted by Crippen LogP contribution is 2.35. The molecule has 0 saturated carbocycles. The molecule has 0 radical (unpaired) electrons. The molecule has 0 bridgehead atoms. The molecule has 1 atom stereocenters. The van der Waals surface area contributed by atoms with Crippen LogP contribution >= 0.6 is 23.2 Å². The number of aromatic hydroxyl groups is 1. The van der Waals surface area contributed by atoms with Crippen molar-refractivity contribution in [1.29, 1.82) is 0 Å². The lowest BCUT2D eigenvalue weighted by Gasteiger charge is -2.14. The van der Waals surface area contributed by atoms with Gasteiger partial charge >= 0.3 is 5.97 Å². The Morgan fingerprint density at radius 1 is 1.07 bits per heavy atom.